The molecule has 0 aliphatic carbocycles. The number of hydrogen-bond donors (Lipinski definition) is 0. The van der Waals surface area contributed by atoms with Gasteiger partial charge in [0.1, 0.15) is 11.2 Å². The predicted octanol–water partition coefficient (Wildman–Crippen LogP) is 14.9. The molecule has 2 nitrogen and oxygen atoms in total. The van der Waals surface area contributed by atoms with Crippen LogP contribution in [0, 0.1) is 6.92 Å². The Balaban J connectivity index is 1.17. The molecule has 0 bridgehead atoms. The smallest absolute Gasteiger partial charge is 0.143 e. The topological polar surface area (TPSA) is 18.1 Å². The zero-order chi connectivity index (χ0) is 36.2. The van der Waals surface area contributed by atoms with Crippen molar-refractivity contribution in [3.05, 3.63) is 188 Å². The van der Waals surface area contributed by atoms with Crippen LogP contribution in [0.25, 0.3) is 115 Å². The molecule has 12 rings (SSSR count). The molecule has 0 amide bonds. The number of fused-ring (bicyclic) bond motifs is 6. The minimum Gasteiger partial charge on any atom is -0.455 e. The number of hydrogen-bond acceptors (Lipinski definition) is 1. The Morgan fingerprint density at radius 3 is 1.60 bits per heavy atom. The molecule has 0 spiro atoms. The van der Waals surface area contributed by atoms with Crippen molar-refractivity contribution < 1.29 is 4.42 Å². The summed E-state index contributed by atoms with van der Waals surface area (Å²) in [4.78, 5) is 0. The highest BCUT2D eigenvalue weighted by Crippen LogP contribution is 2.45. The summed E-state index contributed by atoms with van der Waals surface area (Å²) in [7, 11) is 0. The minimum atomic E-state index is 0.903. The van der Waals surface area contributed by atoms with Gasteiger partial charge in [0, 0.05) is 32.8 Å². The van der Waals surface area contributed by atoms with Gasteiger partial charge in [0.05, 0.1) is 11.0 Å². The van der Waals surface area contributed by atoms with E-state index in [1.54, 1.807) is 0 Å². The molecule has 0 aliphatic heterocycles. The van der Waals surface area contributed by atoms with E-state index < -0.39 is 0 Å². The molecule has 55 heavy (non-hydrogen) atoms. The van der Waals surface area contributed by atoms with Crippen LogP contribution >= 0.6 is 0 Å². The maximum absolute atomic E-state index is 6.65. The van der Waals surface area contributed by atoms with Gasteiger partial charge >= 0.3 is 0 Å². The minimum absolute atomic E-state index is 0.903. The summed E-state index contributed by atoms with van der Waals surface area (Å²) in [6, 6.07) is 66.8. The molecule has 256 valence electrons. The van der Waals surface area contributed by atoms with Crippen LogP contribution in [0.4, 0.5) is 0 Å². The molecular weight excluding hydrogens is 667 g/mol. The van der Waals surface area contributed by atoms with Crippen LogP contribution in [0.15, 0.2) is 186 Å². The Morgan fingerprint density at radius 1 is 0.382 bits per heavy atom. The normalized spacial score (nSPS) is 12.1. The van der Waals surface area contributed by atoms with Gasteiger partial charge in [0.15, 0.2) is 0 Å². The number of para-hydroxylation sites is 4. The molecule has 0 atom stereocenters. The fraction of sp³-hybridized carbons (Fsp3) is 0.0189. The largest absolute Gasteiger partial charge is 0.455 e. The molecule has 0 aliphatic rings. The van der Waals surface area contributed by atoms with Crippen molar-refractivity contribution in [2.45, 2.75) is 6.92 Å². The first-order valence-corrected chi connectivity index (χ1v) is 19.0. The Bertz CT molecular complexity index is 3430. The summed E-state index contributed by atoms with van der Waals surface area (Å²) in [5.41, 5.74) is 13.7. The van der Waals surface area contributed by atoms with Crippen molar-refractivity contribution in [3.63, 3.8) is 0 Å². The van der Waals surface area contributed by atoms with E-state index in [-0.39, 0.29) is 0 Å². The summed E-state index contributed by atoms with van der Waals surface area (Å²) in [5.74, 6) is 0. The van der Waals surface area contributed by atoms with Crippen molar-refractivity contribution in [3.8, 4) is 39.1 Å². The Morgan fingerprint density at radius 2 is 0.927 bits per heavy atom. The van der Waals surface area contributed by atoms with Gasteiger partial charge in [0.2, 0.25) is 0 Å². The molecule has 0 saturated heterocycles. The second-order valence-corrected chi connectivity index (χ2v) is 14.9. The summed E-state index contributed by atoms with van der Waals surface area (Å²) < 4.78 is 9.08. The molecule has 0 saturated carbocycles. The van der Waals surface area contributed by atoms with E-state index in [2.05, 4.69) is 187 Å². The van der Waals surface area contributed by atoms with Crippen molar-refractivity contribution in [1.29, 1.82) is 0 Å². The molecule has 2 aromatic heterocycles. The second-order valence-electron chi connectivity index (χ2n) is 14.9. The fourth-order valence-corrected chi connectivity index (χ4v) is 9.26. The number of nitrogens with zero attached hydrogens (tertiary/aromatic N) is 1. The SMILES string of the molecule is Cc1ccc(-c2ccc3ccc4c(-c5cc(-c6cccc7c6oc6ccccc67)cc(-n6c7ccccc7c7ccccc76)c5)ccc5ccc2c3c54)cc1. The first kappa shape index (κ1) is 30.3. The standard InChI is InChI=1S/C53H33NO/c1-32-17-19-33(20-18-32)39-25-21-34-24-28-46-40(26-22-35-23-27-45(39)51(34)52(35)46)36-29-37(41-12-8-13-47-44-11-4-7-16-50(44)55-53(41)47)31-38(30-36)54-48-14-5-2-9-42(48)43-10-3-6-15-49(43)54/h2-31H,1H3. The summed E-state index contributed by atoms with van der Waals surface area (Å²) >= 11 is 0. The summed E-state index contributed by atoms with van der Waals surface area (Å²) in [5, 5.41) is 12.4. The van der Waals surface area contributed by atoms with Gasteiger partial charge in [-0.15, -0.1) is 0 Å². The lowest BCUT2D eigenvalue weighted by molar-refractivity contribution is 0.670. The Kier molecular flexibility index (Phi) is 6.29. The van der Waals surface area contributed by atoms with E-state index in [1.165, 1.54) is 81.9 Å². The number of aryl methyl sites for hydroxylation is 1. The highest BCUT2D eigenvalue weighted by Gasteiger charge is 2.20. The van der Waals surface area contributed by atoms with Crippen LogP contribution in [0.2, 0.25) is 0 Å². The van der Waals surface area contributed by atoms with Gasteiger partial charge in [-0.2, -0.15) is 0 Å². The zero-order valence-corrected chi connectivity index (χ0v) is 30.2. The third-order valence-corrected chi connectivity index (χ3v) is 11.8. The quantitative estimate of drug-likeness (QED) is 0.167. The Hall–Kier alpha value is -7.16. The van der Waals surface area contributed by atoms with Crippen LogP contribution in [0.5, 0.6) is 0 Å². The maximum Gasteiger partial charge on any atom is 0.143 e. The highest BCUT2D eigenvalue weighted by molar-refractivity contribution is 6.27. The van der Waals surface area contributed by atoms with Gasteiger partial charge in [-0.3, -0.25) is 0 Å². The van der Waals surface area contributed by atoms with Gasteiger partial charge in [0.25, 0.3) is 0 Å². The zero-order valence-electron chi connectivity index (χ0n) is 30.2. The van der Waals surface area contributed by atoms with Crippen molar-refractivity contribution in [2.24, 2.45) is 0 Å². The Labute approximate surface area is 317 Å². The van der Waals surface area contributed by atoms with Crippen LogP contribution in [-0.4, -0.2) is 4.57 Å². The molecule has 12 aromatic rings. The van der Waals surface area contributed by atoms with E-state index >= 15 is 0 Å². The molecule has 10 aromatic carbocycles. The molecule has 2 heteroatoms. The molecule has 0 N–H and O–H groups in total. The second kappa shape index (κ2) is 11.4. The highest BCUT2D eigenvalue weighted by atomic mass is 16.3. The van der Waals surface area contributed by atoms with Crippen molar-refractivity contribution >= 4 is 76.1 Å². The van der Waals surface area contributed by atoms with Crippen LogP contribution in [0.1, 0.15) is 5.56 Å². The predicted molar refractivity (Wildman–Crippen MR) is 233 cm³/mol. The van der Waals surface area contributed by atoms with E-state index in [1.807, 2.05) is 6.07 Å². The lowest BCUT2D eigenvalue weighted by atomic mass is 9.86. The van der Waals surface area contributed by atoms with E-state index in [9.17, 15) is 0 Å². The van der Waals surface area contributed by atoms with E-state index in [0.717, 1.165) is 38.8 Å². The first-order valence-electron chi connectivity index (χ1n) is 19.0. The van der Waals surface area contributed by atoms with E-state index in [0.29, 0.717) is 0 Å². The number of rotatable bonds is 4. The monoisotopic (exact) mass is 699 g/mol. The average Bonchev–Trinajstić information content (AvgIpc) is 3.79. The van der Waals surface area contributed by atoms with Crippen LogP contribution in [-0.2, 0) is 0 Å². The molecule has 0 fully saturated rings. The van der Waals surface area contributed by atoms with Crippen LogP contribution in [0.3, 0.4) is 0 Å². The third kappa shape index (κ3) is 4.43. The average molecular weight is 700 g/mol. The van der Waals surface area contributed by atoms with Crippen LogP contribution < -0.4 is 0 Å². The fourth-order valence-electron chi connectivity index (χ4n) is 9.26. The molecular formula is C53H33NO. The number of furan rings is 1. The lowest BCUT2D eigenvalue weighted by Gasteiger charge is -2.18. The van der Waals surface area contributed by atoms with Crippen molar-refractivity contribution in [1.82, 2.24) is 4.57 Å². The summed E-state index contributed by atoms with van der Waals surface area (Å²) in [6.45, 7) is 2.15. The molecule has 0 radical (unpaired) electrons. The molecule has 2 heterocycles. The van der Waals surface area contributed by atoms with E-state index in [4.69, 9.17) is 4.42 Å². The number of aromatic nitrogens is 1. The van der Waals surface area contributed by atoms with Crippen molar-refractivity contribution in [2.75, 3.05) is 0 Å². The third-order valence-electron chi connectivity index (χ3n) is 11.8. The van der Waals surface area contributed by atoms with Gasteiger partial charge in [-0.05, 0) is 103 Å². The van der Waals surface area contributed by atoms with Gasteiger partial charge in [-0.25, -0.2) is 0 Å². The summed E-state index contributed by atoms with van der Waals surface area (Å²) in [6.07, 6.45) is 0. The maximum atomic E-state index is 6.65. The van der Waals surface area contributed by atoms with Gasteiger partial charge < -0.3 is 8.98 Å². The first-order chi connectivity index (χ1) is 27.2. The number of benzene rings is 10. The lowest BCUT2D eigenvalue weighted by Crippen LogP contribution is -1.96. The van der Waals surface area contributed by atoms with Gasteiger partial charge in [-0.1, -0.05) is 151 Å². The molecule has 0 unspecified atom stereocenters.